The van der Waals surface area contributed by atoms with E-state index in [2.05, 4.69) is 19.1 Å². The van der Waals surface area contributed by atoms with Crippen LogP contribution in [0, 0.1) is 11.3 Å². The Labute approximate surface area is 430 Å². The van der Waals surface area contributed by atoms with Crippen molar-refractivity contribution in [1.29, 1.82) is 0 Å². The van der Waals surface area contributed by atoms with Crippen molar-refractivity contribution in [3.63, 3.8) is 0 Å². The smallest absolute Gasteiger partial charge is 0.309 e. The molecule has 0 bridgehead atoms. The molecule has 1 rings (SSSR count). The van der Waals surface area contributed by atoms with Gasteiger partial charge in [0.05, 0.1) is 31.0 Å². The maximum atomic E-state index is 12.5. The van der Waals surface area contributed by atoms with Crippen LogP contribution in [0.4, 0.5) is 0 Å². The average Bonchev–Trinajstić information content (AvgIpc) is 3.41. The monoisotopic (exact) mass is 973 g/mol. The van der Waals surface area contributed by atoms with Crippen molar-refractivity contribution in [2.45, 2.75) is 341 Å². The van der Waals surface area contributed by atoms with Gasteiger partial charge < -0.3 is 19.7 Å². The van der Waals surface area contributed by atoms with Crippen LogP contribution in [0.15, 0.2) is 12.2 Å². The Morgan fingerprint density at radius 1 is 0.377 bits per heavy atom. The number of carbonyl (C=O) groups excluding carboxylic acids is 2. The molecule has 1 fully saturated rings. The van der Waals surface area contributed by atoms with Crippen LogP contribution in [0.25, 0.3) is 0 Å². The average molecular weight is 974 g/mol. The maximum Gasteiger partial charge on any atom is 0.309 e. The molecule has 0 spiro atoms. The number of hydrogen-bond donors (Lipinski definition) is 2. The predicted molar refractivity (Wildman–Crippen MR) is 297 cm³/mol. The van der Waals surface area contributed by atoms with E-state index in [-0.39, 0.29) is 19.6 Å². The molecule has 0 amide bonds. The number of unbranched alkanes of at least 4 members (excludes halogenated alkanes) is 48. The van der Waals surface area contributed by atoms with E-state index in [4.69, 9.17) is 9.47 Å². The van der Waals surface area contributed by atoms with Gasteiger partial charge in [-0.25, -0.2) is 0 Å². The quantitative estimate of drug-likeness (QED) is 0.0358. The van der Waals surface area contributed by atoms with E-state index >= 15 is 0 Å². The number of cyclic esters (lactones) is 2. The molecule has 1 heterocycles. The zero-order chi connectivity index (χ0) is 49.7. The molecule has 1 unspecified atom stereocenters. The maximum absolute atomic E-state index is 12.5. The lowest BCUT2D eigenvalue weighted by molar-refractivity contribution is -0.155. The minimum atomic E-state index is -1.12. The summed E-state index contributed by atoms with van der Waals surface area (Å²) in [6, 6.07) is 0. The number of hydrogen-bond acceptors (Lipinski definition) is 6. The van der Waals surface area contributed by atoms with Gasteiger partial charge >= 0.3 is 11.9 Å². The first kappa shape index (κ1) is 65.6. The molecule has 0 radical (unpaired) electrons. The van der Waals surface area contributed by atoms with Crippen LogP contribution in [-0.4, -0.2) is 48.6 Å². The Hall–Kier alpha value is -1.40. The zero-order valence-electron chi connectivity index (χ0n) is 46.4. The van der Waals surface area contributed by atoms with Crippen LogP contribution in [0.1, 0.15) is 341 Å². The largest absolute Gasteiger partial charge is 0.465 e. The van der Waals surface area contributed by atoms with Gasteiger partial charge in [0, 0.05) is 0 Å². The van der Waals surface area contributed by atoms with Crippen molar-refractivity contribution in [2.24, 2.45) is 11.3 Å². The molecule has 1 saturated heterocycles. The van der Waals surface area contributed by atoms with Crippen molar-refractivity contribution >= 4 is 11.9 Å². The fourth-order valence-electron chi connectivity index (χ4n) is 10.4. The summed E-state index contributed by atoms with van der Waals surface area (Å²) in [5.41, 5.74) is -1.12. The highest BCUT2D eigenvalue weighted by molar-refractivity contribution is 5.80. The number of esters is 2. The first-order valence-corrected chi connectivity index (χ1v) is 31.3. The second kappa shape index (κ2) is 52.9. The van der Waals surface area contributed by atoms with Crippen LogP contribution in [0.5, 0.6) is 0 Å². The Morgan fingerprint density at radius 2 is 0.623 bits per heavy atom. The summed E-state index contributed by atoms with van der Waals surface area (Å²) in [5, 5.41) is 19.2. The highest BCUT2D eigenvalue weighted by atomic mass is 16.6. The van der Waals surface area contributed by atoms with Crippen LogP contribution >= 0.6 is 0 Å². The first-order chi connectivity index (χ1) is 34.1. The lowest BCUT2D eigenvalue weighted by atomic mass is 9.92. The number of rotatable bonds is 54. The Bertz CT molecular complexity index is 1090. The van der Waals surface area contributed by atoms with E-state index < -0.39 is 36.5 Å². The molecule has 0 aromatic rings. The Kier molecular flexibility index (Phi) is 50.3. The Morgan fingerprint density at radius 3 is 0.899 bits per heavy atom. The molecule has 0 aromatic carbocycles. The molecule has 1 aliphatic heterocycles. The molecular weight excluding hydrogens is 853 g/mol. The summed E-state index contributed by atoms with van der Waals surface area (Å²) in [6.07, 6.45) is 75.7. The standard InChI is InChI=1S/C63H120O6/c1-2-3-4-5-6-7-8-9-10-11-12-13-14-15-16-17-18-19-20-21-22-23-24-25-26-27-28-29-30-31-32-33-34-35-36-37-38-39-40-41-42-43-44-45-46-47-48-49-50-51-52-53-54-60-55-61(66)68-58-63(56-64,57-65)59-69-62(60)67/h34-35,60,64-65H,2-33,36-59H2,1H3/b35-34+. The van der Waals surface area contributed by atoms with Crippen LogP contribution < -0.4 is 0 Å². The predicted octanol–water partition coefficient (Wildman–Crippen LogP) is 19.5. The van der Waals surface area contributed by atoms with Gasteiger partial charge in [0.2, 0.25) is 0 Å². The highest BCUT2D eigenvalue weighted by Gasteiger charge is 2.36. The lowest BCUT2D eigenvalue weighted by Gasteiger charge is -2.27. The molecular formula is C63H120O6. The van der Waals surface area contributed by atoms with E-state index in [0.29, 0.717) is 6.42 Å². The SMILES string of the molecule is CCCCCCCCCCCCCCCCCCCCCCCCCCCCCCCCC/C=C/CCCCCCCCCCCCCCCCCCCC1CC(=O)OCC(CO)(CO)COC1=O. The summed E-state index contributed by atoms with van der Waals surface area (Å²) in [5.74, 6) is -1.40. The third-order valence-corrected chi connectivity index (χ3v) is 15.5. The van der Waals surface area contributed by atoms with Gasteiger partial charge in [-0.2, -0.15) is 0 Å². The topological polar surface area (TPSA) is 93.1 Å². The number of carbonyl (C=O) groups is 2. The van der Waals surface area contributed by atoms with E-state index in [1.165, 1.54) is 302 Å². The third kappa shape index (κ3) is 45.0. The van der Waals surface area contributed by atoms with Gasteiger partial charge in [-0.15, -0.1) is 0 Å². The van der Waals surface area contributed by atoms with Crippen molar-refractivity contribution in [3.8, 4) is 0 Å². The van der Waals surface area contributed by atoms with E-state index in [1.807, 2.05) is 0 Å². The molecule has 2 N–H and O–H groups in total. The summed E-state index contributed by atoms with van der Waals surface area (Å²) < 4.78 is 10.6. The van der Waals surface area contributed by atoms with E-state index in [9.17, 15) is 19.8 Å². The molecule has 0 saturated carbocycles. The molecule has 0 aliphatic carbocycles. The van der Waals surface area contributed by atoms with Crippen molar-refractivity contribution < 1.29 is 29.3 Å². The summed E-state index contributed by atoms with van der Waals surface area (Å²) in [7, 11) is 0. The van der Waals surface area contributed by atoms with Gasteiger partial charge in [-0.1, -0.05) is 314 Å². The molecule has 1 aliphatic rings. The van der Waals surface area contributed by atoms with Gasteiger partial charge in [0.15, 0.2) is 0 Å². The molecule has 0 aromatic heterocycles. The fraction of sp³-hybridized carbons (Fsp3) is 0.937. The molecule has 69 heavy (non-hydrogen) atoms. The van der Waals surface area contributed by atoms with Crippen LogP contribution in [-0.2, 0) is 19.1 Å². The summed E-state index contributed by atoms with van der Waals surface area (Å²) in [6.45, 7) is 1.21. The van der Waals surface area contributed by atoms with Crippen LogP contribution in [0.2, 0.25) is 0 Å². The minimum absolute atomic E-state index is 0.00359. The zero-order valence-corrected chi connectivity index (χ0v) is 46.4. The normalized spacial score (nSPS) is 15.4. The minimum Gasteiger partial charge on any atom is -0.465 e. The van der Waals surface area contributed by atoms with E-state index in [1.54, 1.807) is 0 Å². The molecule has 408 valence electrons. The van der Waals surface area contributed by atoms with Crippen molar-refractivity contribution in [3.05, 3.63) is 12.2 Å². The number of aliphatic hydroxyl groups is 2. The van der Waals surface area contributed by atoms with Gasteiger partial charge in [0.25, 0.3) is 0 Å². The van der Waals surface area contributed by atoms with Crippen LogP contribution in [0.3, 0.4) is 0 Å². The second-order valence-electron chi connectivity index (χ2n) is 22.4. The lowest BCUT2D eigenvalue weighted by Crippen LogP contribution is -2.40. The number of ether oxygens (including phenoxy) is 2. The van der Waals surface area contributed by atoms with Gasteiger partial charge in [0.1, 0.15) is 13.2 Å². The van der Waals surface area contributed by atoms with Crippen molar-refractivity contribution in [1.82, 2.24) is 0 Å². The highest BCUT2D eigenvalue weighted by Crippen LogP contribution is 2.25. The Balaban J connectivity index is 1.69. The molecule has 1 atom stereocenters. The summed E-state index contributed by atoms with van der Waals surface area (Å²) in [4.78, 5) is 24.7. The second-order valence-corrected chi connectivity index (χ2v) is 22.4. The summed E-state index contributed by atoms with van der Waals surface area (Å²) >= 11 is 0. The molecule has 6 nitrogen and oxygen atoms in total. The fourth-order valence-corrected chi connectivity index (χ4v) is 10.4. The third-order valence-electron chi connectivity index (χ3n) is 15.5. The number of allylic oxidation sites excluding steroid dienone is 2. The van der Waals surface area contributed by atoms with E-state index in [0.717, 1.165) is 19.3 Å². The van der Waals surface area contributed by atoms with Gasteiger partial charge in [-0.3, -0.25) is 9.59 Å². The van der Waals surface area contributed by atoms with Crippen molar-refractivity contribution in [2.75, 3.05) is 26.4 Å². The molecule has 6 heteroatoms. The first-order valence-electron chi connectivity index (χ1n) is 31.3. The van der Waals surface area contributed by atoms with Gasteiger partial charge in [-0.05, 0) is 32.1 Å². The number of aliphatic hydroxyl groups excluding tert-OH is 2.